The molecule has 1 aromatic carbocycles. The topological polar surface area (TPSA) is 127 Å². The molecular weight excluding hydrogens is 290 g/mol. The van der Waals surface area contributed by atoms with Gasteiger partial charge in [-0.05, 0) is 12.1 Å². The van der Waals surface area contributed by atoms with E-state index in [1.54, 1.807) is 24.3 Å². The third kappa shape index (κ3) is 3.71. The molecule has 0 saturated carbocycles. The molecule has 2 amide bonds. The lowest BCUT2D eigenvalue weighted by Crippen LogP contribution is -2.19. The van der Waals surface area contributed by atoms with E-state index in [1.807, 2.05) is 6.07 Å². The van der Waals surface area contributed by atoms with Crippen molar-refractivity contribution in [2.24, 2.45) is 5.14 Å². The molecule has 0 aliphatic rings. The van der Waals surface area contributed by atoms with Crippen molar-refractivity contribution in [2.45, 2.75) is 4.34 Å². The van der Waals surface area contributed by atoms with Gasteiger partial charge in [-0.3, -0.25) is 5.32 Å². The lowest BCUT2D eigenvalue weighted by atomic mass is 10.3. The van der Waals surface area contributed by atoms with Gasteiger partial charge in [0.15, 0.2) is 0 Å². The zero-order valence-electron chi connectivity index (χ0n) is 9.40. The number of hydrogen-bond acceptors (Lipinski definition) is 6. The molecule has 19 heavy (non-hydrogen) atoms. The summed E-state index contributed by atoms with van der Waals surface area (Å²) in [6.07, 6.45) is 0. The quantitative estimate of drug-likeness (QED) is 0.723. The number of hydrogen-bond donors (Lipinski definition) is 3. The van der Waals surface area contributed by atoms with Crippen molar-refractivity contribution in [3.05, 3.63) is 30.3 Å². The minimum atomic E-state index is -3.90. The second kappa shape index (κ2) is 5.30. The number of carbonyl (C=O) groups excluding carboxylic acids is 1. The van der Waals surface area contributed by atoms with Crippen LogP contribution < -0.4 is 15.8 Å². The molecule has 0 radical (unpaired) electrons. The summed E-state index contributed by atoms with van der Waals surface area (Å²) in [5.74, 6) is 0. The minimum absolute atomic E-state index is 0.0393. The van der Waals surface area contributed by atoms with Crippen molar-refractivity contribution < 1.29 is 13.2 Å². The molecule has 8 nitrogen and oxygen atoms in total. The van der Waals surface area contributed by atoms with Crippen LogP contribution in [0.4, 0.5) is 15.6 Å². The van der Waals surface area contributed by atoms with E-state index in [0.717, 1.165) is 0 Å². The van der Waals surface area contributed by atoms with Crippen molar-refractivity contribution >= 4 is 38.2 Å². The van der Waals surface area contributed by atoms with Gasteiger partial charge in [-0.2, -0.15) is 0 Å². The fraction of sp³-hybridized carbons (Fsp3) is 0. The lowest BCUT2D eigenvalue weighted by Gasteiger charge is -2.03. The van der Waals surface area contributed by atoms with Gasteiger partial charge < -0.3 is 5.32 Å². The number of anilines is 2. The van der Waals surface area contributed by atoms with E-state index < -0.39 is 16.1 Å². The molecule has 10 heteroatoms. The Morgan fingerprint density at radius 2 is 1.84 bits per heavy atom. The van der Waals surface area contributed by atoms with Gasteiger partial charge in [0.1, 0.15) is 0 Å². The molecule has 1 aromatic heterocycles. The Labute approximate surface area is 112 Å². The molecule has 0 aliphatic heterocycles. The maximum Gasteiger partial charge on any atom is 0.325 e. The molecule has 0 saturated heterocycles. The second-order valence-electron chi connectivity index (χ2n) is 3.36. The number of carbonyl (C=O) groups is 1. The van der Waals surface area contributed by atoms with E-state index >= 15 is 0 Å². The first-order chi connectivity index (χ1) is 8.95. The number of nitrogens with one attached hydrogen (secondary N) is 2. The number of para-hydroxylation sites is 1. The van der Waals surface area contributed by atoms with Crippen LogP contribution in [0.1, 0.15) is 0 Å². The first-order valence-electron chi connectivity index (χ1n) is 4.94. The number of amides is 2. The average Bonchev–Trinajstić information content (AvgIpc) is 2.78. The molecule has 0 atom stereocenters. The molecule has 100 valence electrons. The summed E-state index contributed by atoms with van der Waals surface area (Å²) in [4.78, 5) is 11.6. The summed E-state index contributed by atoms with van der Waals surface area (Å²) >= 11 is 0.672. The fourth-order valence-corrected chi connectivity index (χ4v) is 2.48. The van der Waals surface area contributed by atoms with Gasteiger partial charge in [0, 0.05) is 5.69 Å². The Morgan fingerprint density at radius 1 is 1.16 bits per heavy atom. The van der Waals surface area contributed by atoms with Gasteiger partial charge in [0.2, 0.25) is 9.47 Å². The lowest BCUT2D eigenvalue weighted by molar-refractivity contribution is 0.262. The van der Waals surface area contributed by atoms with Crippen molar-refractivity contribution in [2.75, 3.05) is 10.6 Å². The van der Waals surface area contributed by atoms with E-state index in [2.05, 4.69) is 20.8 Å². The molecule has 2 aromatic rings. The Bertz CT molecular complexity index is 683. The fourth-order valence-electron chi connectivity index (χ4n) is 1.16. The third-order valence-electron chi connectivity index (χ3n) is 1.90. The zero-order valence-corrected chi connectivity index (χ0v) is 11.0. The normalized spacial score (nSPS) is 11.0. The van der Waals surface area contributed by atoms with Crippen LogP contribution in [0.15, 0.2) is 34.7 Å². The summed E-state index contributed by atoms with van der Waals surface area (Å²) in [6, 6.07) is 8.19. The first-order valence-corrected chi connectivity index (χ1v) is 7.31. The van der Waals surface area contributed by atoms with Crippen molar-refractivity contribution in [1.29, 1.82) is 0 Å². The van der Waals surface area contributed by atoms with Crippen LogP contribution in [0.2, 0.25) is 0 Å². The van der Waals surface area contributed by atoms with Crippen molar-refractivity contribution in [1.82, 2.24) is 10.2 Å². The van der Waals surface area contributed by atoms with Crippen LogP contribution in [0, 0.1) is 0 Å². The van der Waals surface area contributed by atoms with E-state index in [-0.39, 0.29) is 9.47 Å². The Kier molecular flexibility index (Phi) is 3.74. The predicted molar refractivity (Wildman–Crippen MR) is 70.4 cm³/mol. The molecule has 1 heterocycles. The summed E-state index contributed by atoms with van der Waals surface area (Å²) in [6.45, 7) is 0. The number of nitrogens with two attached hydrogens (primary N) is 1. The van der Waals surface area contributed by atoms with Gasteiger partial charge in [-0.25, -0.2) is 18.4 Å². The zero-order chi connectivity index (χ0) is 13.9. The summed E-state index contributed by atoms with van der Waals surface area (Å²) < 4.78 is 21.6. The van der Waals surface area contributed by atoms with Crippen molar-refractivity contribution in [3.8, 4) is 0 Å². The largest absolute Gasteiger partial charge is 0.325 e. The van der Waals surface area contributed by atoms with Crippen molar-refractivity contribution in [3.63, 3.8) is 0 Å². The minimum Gasteiger partial charge on any atom is -0.308 e. The van der Waals surface area contributed by atoms with Crippen LogP contribution in [0.3, 0.4) is 0 Å². The molecule has 0 fully saturated rings. The van der Waals surface area contributed by atoms with Crippen LogP contribution in [-0.4, -0.2) is 24.6 Å². The van der Waals surface area contributed by atoms with Crippen LogP contribution in [-0.2, 0) is 10.0 Å². The molecule has 0 bridgehead atoms. The van der Waals surface area contributed by atoms with E-state index in [9.17, 15) is 13.2 Å². The molecule has 2 rings (SSSR count). The van der Waals surface area contributed by atoms with Gasteiger partial charge in [0.25, 0.3) is 10.0 Å². The summed E-state index contributed by atoms with van der Waals surface area (Å²) in [7, 11) is -3.90. The number of urea groups is 1. The van der Waals surface area contributed by atoms with Crippen LogP contribution >= 0.6 is 11.3 Å². The van der Waals surface area contributed by atoms with E-state index in [4.69, 9.17) is 5.14 Å². The van der Waals surface area contributed by atoms with Gasteiger partial charge in [0.05, 0.1) is 0 Å². The summed E-state index contributed by atoms with van der Waals surface area (Å²) in [5.41, 5.74) is 0.594. The van der Waals surface area contributed by atoms with Gasteiger partial charge >= 0.3 is 6.03 Å². The molecule has 0 aliphatic carbocycles. The number of sulfonamides is 1. The Balaban J connectivity index is 2.02. The highest BCUT2D eigenvalue weighted by Crippen LogP contribution is 2.18. The number of aromatic nitrogens is 2. The average molecular weight is 299 g/mol. The molecule has 0 unspecified atom stereocenters. The molecule has 0 spiro atoms. The van der Waals surface area contributed by atoms with Gasteiger partial charge in [-0.1, -0.05) is 29.5 Å². The maximum absolute atomic E-state index is 11.6. The van der Waals surface area contributed by atoms with Gasteiger partial charge in [-0.15, -0.1) is 10.2 Å². The monoisotopic (exact) mass is 299 g/mol. The third-order valence-corrected chi connectivity index (χ3v) is 4.05. The smallest absolute Gasteiger partial charge is 0.308 e. The SMILES string of the molecule is NS(=O)(=O)c1nnc(NC(=O)Nc2ccccc2)s1. The highest BCUT2D eigenvalue weighted by Gasteiger charge is 2.16. The van der Waals surface area contributed by atoms with Crippen LogP contribution in [0.25, 0.3) is 0 Å². The van der Waals surface area contributed by atoms with E-state index in [1.165, 1.54) is 0 Å². The maximum atomic E-state index is 11.6. The number of rotatable bonds is 3. The second-order valence-corrected chi connectivity index (χ2v) is 6.08. The Morgan fingerprint density at radius 3 is 2.42 bits per heavy atom. The first kappa shape index (κ1) is 13.4. The number of nitrogens with zero attached hydrogens (tertiary/aromatic N) is 2. The molecular formula is C9H9N5O3S2. The standard InChI is InChI=1S/C9H9N5O3S2/c10-19(16,17)9-14-13-8(18-9)12-7(15)11-6-4-2-1-3-5-6/h1-5H,(H2,10,16,17)(H2,11,12,13,15). The van der Waals surface area contributed by atoms with E-state index in [0.29, 0.717) is 17.0 Å². The highest BCUT2D eigenvalue weighted by atomic mass is 32.2. The summed E-state index contributed by atoms with van der Waals surface area (Å²) in [5, 5.41) is 16.7. The van der Waals surface area contributed by atoms with Crippen LogP contribution in [0.5, 0.6) is 0 Å². The number of benzene rings is 1. The predicted octanol–water partition coefficient (Wildman–Crippen LogP) is 0.829. The Hall–Kier alpha value is -2.04. The molecule has 4 N–H and O–H groups in total. The highest BCUT2D eigenvalue weighted by molar-refractivity contribution is 7.91. The number of primary sulfonamides is 1.